The highest BCUT2D eigenvalue weighted by Crippen LogP contribution is 2.38. The summed E-state index contributed by atoms with van der Waals surface area (Å²) in [6, 6.07) is 6.04. The Morgan fingerprint density at radius 1 is 1.15 bits per heavy atom. The third-order valence-corrected chi connectivity index (χ3v) is 7.70. The summed E-state index contributed by atoms with van der Waals surface area (Å²) in [5.74, 6) is -1.04. The SMILES string of the molecule is Cc1cc(C(F)(F)F)cc(N2C(=O)CCC2C(=O)N(C)c2cccc(Cl)c2N(C)CCN2CCN(C)CC2)n1. The number of carbonyl (C=O) groups excluding carboxylic acids is 2. The second-order valence-electron chi connectivity index (χ2n) is 10.2. The van der Waals surface area contributed by atoms with Gasteiger partial charge in [-0.3, -0.25) is 19.4 Å². The number of alkyl halides is 3. The maximum absolute atomic E-state index is 13.8. The van der Waals surface area contributed by atoms with Gasteiger partial charge in [0.1, 0.15) is 11.9 Å². The number of nitrogens with zero attached hydrogens (tertiary/aromatic N) is 6. The quantitative estimate of drug-likeness (QED) is 0.507. The van der Waals surface area contributed by atoms with Crippen molar-refractivity contribution in [1.29, 1.82) is 0 Å². The van der Waals surface area contributed by atoms with E-state index in [-0.39, 0.29) is 24.4 Å². The van der Waals surface area contributed by atoms with Crippen LogP contribution in [-0.4, -0.2) is 93.1 Å². The molecule has 2 aliphatic rings. The molecule has 3 heterocycles. The first-order valence-electron chi connectivity index (χ1n) is 12.9. The molecule has 2 saturated heterocycles. The lowest BCUT2D eigenvalue weighted by molar-refractivity contribution is -0.137. The van der Waals surface area contributed by atoms with Crippen molar-refractivity contribution in [2.24, 2.45) is 0 Å². The van der Waals surface area contributed by atoms with E-state index in [0.29, 0.717) is 22.9 Å². The fourth-order valence-corrected chi connectivity index (χ4v) is 5.43. The Labute approximate surface area is 231 Å². The normalized spacial score (nSPS) is 19.0. The summed E-state index contributed by atoms with van der Waals surface area (Å²) in [5, 5.41) is 0.475. The van der Waals surface area contributed by atoms with E-state index in [1.165, 1.54) is 11.8 Å². The summed E-state index contributed by atoms with van der Waals surface area (Å²) in [6.07, 6.45) is -4.39. The average Bonchev–Trinajstić information content (AvgIpc) is 3.27. The molecular formula is C27H34ClF3N6O2. The van der Waals surface area contributed by atoms with Crippen LogP contribution in [0.25, 0.3) is 0 Å². The van der Waals surface area contributed by atoms with E-state index in [9.17, 15) is 22.8 Å². The number of aromatic nitrogens is 1. The van der Waals surface area contributed by atoms with Crippen LogP contribution in [0, 0.1) is 6.92 Å². The van der Waals surface area contributed by atoms with E-state index in [0.717, 1.165) is 49.8 Å². The van der Waals surface area contributed by atoms with E-state index < -0.39 is 29.6 Å². The predicted molar refractivity (Wildman–Crippen MR) is 147 cm³/mol. The zero-order chi connectivity index (χ0) is 28.5. The van der Waals surface area contributed by atoms with Gasteiger partial charge in [0.25, 0.3) is 0 Å². The lowest BCUT2D eigenvalue weighted by Gasteiger charge is -2.35. The van der Waals surface area contributed by atoms with E-state index in [2.05, 4.69) is 21.8 Å². The van der Waals surface area contributed by atoms with Gasteiger partial charge in [-0.15, -0.1) is 0 Å². The Morgan fingerprint density at radius 2 is 1.85 bits per heavy atom. The molecule has 1 aromatic heterocycles. The maximum Gasteiger partial charge on any atom is 0.416 e. The third kappa shape index (κ3) is 6.47. The van der Waals surface area contributed by atoms with Gasteiger partial charge in [-0.2, -0.15) is 13.2 Å². The second-order valence-corrected chi connectivity index (χ2v) is 10.6. The molecule has 0 saturated carbocycles. The number of hydrogen-bond donors (Lipinski definition) is 0. The van der Waals surface area contributed by atoms with Gasteiger partial charge >= 0.3 is 6.18 Å². The zero-order valence-corrected chi connectivity index (χ0v) is 23.4. The Balaban J connectivity index is 1.57. The molecule has 0 bridgehead atoms. The van der Waals surface area contributed by atoms with Crippen molar-refractivity contribution in [3.8, 4) is 0 Å². The Hall–Kier alpha value is -2.89. The first kappa shape index (κ1) is 29.1. The number of amides is 2. The predicted octanol–water partition coefficient (Wildman–Crippen LogP) is 3.90. The van der Waals surface area contributed by atoms with Gasteiger partial charge in [-0.05, 0) is 44.7 Å². The van der Waals surface area contributed by atoms with Gasteiger partial charge in [0.15, 0.2) is 0 Å². The highest BCUT2D eigenvalue weighted by Gasteiger charge is 2.41. The molecule has 2 aromatic rings. The summed E-state index contributed by atoms with van der Waals surface area (Å²) < 4.78 is 40.4. The van der Waals surface area contributed by atoms with Gasteiger partial charge in [-0.25, -0.2) is 4.98 Å². The molecule has 1 aromatic carbocycles. The summed E-state index contributed by atoms with van der Waals surface area (Å²) >= 11 is 6.62. The molecular weight excluding hydrogens is 533 g/mol. The lowest BCUT2D eigenvalue weighted by Crippen LogP contribution is -2.47. The number of piperazine rings is 1. The number of benzene rings is 1. The number of halogens is 4. The molecule has 12 heteroatoms. The first-order chi connectivity index (χ1) is 18.4. The highest BCUT2D eigenvalue weighted by atomic mass is 35.5. The molecule has 39 heavy (non-hydrogen) atoms. The molecule has 2 fully saturated rings. The fraction of sp³-hybridized carbons (Fsp3) is 0.519. The first-order valence-corrected chi connectivity index (χ1v) is 13.3. The maximum atomic E-state index is 13.8. The van der Waals surface area contributed by atoms with Crippen LogP contribution in [0.2, 0.25) is 5.02 Å². The molecule has 8 nitrogen and oxygen atoms in total. The van der Waals surface area contributed by atoms with Crippen LogP contribution in [0.4, 0.5) is 30.4 Å². The monoisotopic (exact) mass is 566 g/mol. The van der Waals surface area contributed by atoms with Crippen LogP contribution in [0.3, 0.4) is 0 Å². The summed E-state index contributed by atoms with van der Waals surface area (Å²) in [4.78, 5) is 40.0. The molecule has 0 N–H and O–H groups in total. The number of likely N-dealkylation sites (N-methyl/N-ethyl adjacent to an activating group) is 3. The lowest BCUT2D eigenvalue weighted by atomic mass is 10.1. The van der Waals surface area contributed by atoms with E-state index in [1.807, 2.05) is 11.9 Å². The van der Waals surface area contributed by atoms with Crippen molar-refractivity contribution in [3.63, 3.8) is 0 Å². The molecule has 1 atom stereocenters. The molecule has 2 aliphatic heterocycles. The van der Waals surface area contributed by atoms with Gasteiger partial charge in [0.05, 0.1) is 22.0 Å². The Morgan fingerprint density at radius 3 is 2.51 bits per heavy atom. The third-order valence-electron chi connectivity index (χ3n) is 7.40. The number of anilines is 3. The minimum atomic E-state index is -4.61. The standard InChI is InChI=1S/C27H34ClF3N6O2/c1-18-16-19(27(29,30)31)17-23(32-18)37-22(8-9-24(37)38)26(39)35(4)21-7-5-6-20(28)25(21)34(3)12-15-36-13-10-33(2)11-14-36/h5-7,16-17,22H,8-15H2,1-4H3. The van der Waals surface area contributed by atoms with Crippen molar-refractivity contribution in [2.45, 2.75) is 32.0 Å². The second kappa shape index (κ2) is 11.7. The van der Waals surface area contributed by atoms with Gasteiger partial charge in [0.2, 0.25) is 11.8 Å². The van der Waals surface area contributed by atoms with Crippen molar-refractivity contribution >= 4 is 40.6 Å². The van der Waals surface area contributed by atoms with Crippen molar-refractivity contribution in [2.75, 3.05) is 75.1 Å². The summed E-state index contributed by atoms with van der Waals surface area (Å²) in [5.41, 5.74) is 0.426. The number of hydrogen-bond acceptors (Lipinski definition) is 6. The number of rotatable bonds is 7. The molecule has 0 spiro atoms. The van der Waals surface area contributed by atoms with Crippen LogP contribution in [0.1, 0.15) is 24.1 Å². The number of para-hydroxylation sites is 1. The van der Waals surface area contributed by atoms with Gasteiger partial charge in [0, 0.05) is 65.5 Å². The van der Waals surface area contributed by atoms with Gasteiger partial charge < -0.3 is 14.7 Å². The number of pyridine rings is 1. The van der Waals surface area contributed by atoms with Crippen LogP contribution < -0.4 is 14.7 Å². The van der Waals surface area contributed by atoms with E-state index in [1.54, 1.807) is 25.2 Å². The minimum absolute atomic E-state index is 0.0363. The largest absolute Gasteiger partial charge is 0.416 e. The average molecular weight is 567 g/mol. The minimum Gasteiger partial charge on any atom is -0.370 e. The van der Waals surface area contributed by atoms with Crippen molar-refractivity contribution in [1.82, 2.24) is 14.8 Å². The topological polar surface area (TPSA) is 63.2 Å². The van der Waals surface area contributed by atoms with E-state index in [4.69, 9.17) is 11.6 Å². The van der Waals surface area contributed by atoms with Crippen LogP contribution in [-0.2, 0) is 15.8 Å². The van der Waals surface area contributed by atoms with Crippen LogP contribution in [0.15, 0.2) is 30.3 Å². The molecule has 0 aliphatic carbocycles. The Bertz CT molecular complexity index is 1220. The van der Waals surface area contributed by atoms with Crippen LogP contribution in [0.5, 0.6) is 0 Å². The van der Waals surface area contributed by atoms with E-state index >= 15 is 0 Å². The fourth-order valence-electron chi connectivity index (χ4n) is 5.11. The summed E-state index contributed by atoms with van der Waals surface area (Å²) in [6.45, 7) is 6.92. The molecule has 212 valence electrons. The number of carbonyl (C=O) groups is 2. The number of aryl methyl sites for hydroxylation is 1. The zero-order valence-electron chi connectivity index (χ0n) is 22.6. The van der Waals surface area contributed by atoms with Crippen LogP contribution >= 0.6 is 11.6 Å². The highest BCUT2D eigenvalue weighted by molar-refractivity contribution is 6.34. The molecule has 1 unspecified atom stereocenters. The Kier molecular flexibility index (Phi) is 8.72. The molecule has 4 rings (SSSR count). The molecule has 2 amide bonds. The summed E-state index contributed by atoms with van der Waals surface area (Å²) in [7, 11) is 5.62. The van der Waals surface area contributed by atoms with Crippen molar-refractivity contribution in [3.05, 3.63) is 46.6 Å². The van der Waals surface area contributed by atoms with Gasteiger partial charge in [-0.1, -0.05) is 17.7 Å². The van der Waals surface area contributed by atoms with Crippen molar-refractivity contribution < 1.29 is 22.8 Å². The smallest absolute Gasteiger partial charge is 0.370 e. The molecule has 0 radical (unpaired) electrons.